The highest BCUT2D eigenvalue weighted by Gasteiger charge is 2.29. The van der Waals surface area contributed by atoms with Gasteiger partial charge in [0, 0.05) is 13.0 Å². The summed E-state index contributed by atoms with van der Waals surface area (Å²) >= 11 is 0. The van der Waals surface area contributed by atoms with E-state index in [0.29, 0.717) is 24.2 Å². The van der Waals surface area contributed by atoms with E-state index in [9.17, 15) is 4.79 Å². The number of carbonyl (C=O) groups excluding carboxylic acids is 1. The molecular formula is C22H35ClN2O. The quantitative estimate of drug-likeness (QED) is 0.809. The largest absolute Gasteiger partial charge is 0.336 e. The number of halogens is 1. The highest BCUT2D eigenvalue weighted by atomic mass is 35.5. The van der Waals surface area contributed by atoms with Crippen LogP contribution in [0.1, 0.15) is 69.0 Å². The number of hydrogen-bond acceptors (Lipinski definition) is 2. The van der Waals surface area contributed by atoms with E-state index in [1.54, 1.807) is 0 Å². The number of nitrogens with zero attached hydrogens (tertiary/aromatic N) is 1. The fraction of sp³-hybridized carbons (Fsp3) is 0.682. The Labute approximate surface area is 165 Å². The predicted octanol–water partition coefficient (Wildman–Crippen LogP) is 4.89. The fourth-order valence-corrected chi connectivity index (χ4v) is 4.55. The highest BCUT2D eigenvalue weighted by molar-refractivity contribution is 5.85. The maximum absolute atomic E-state index is 13.2. The van der Waals surface area contributed by atoms with Crippen molar-refractivity contribution in [1.29, 1.82) is 0 Å². The van der Waals surface area contributed by atoms with E-state index >= 15 is 0 Å². The van der Waals surface area contributed by atoms with Gasteiger partial charge in [0.05, 0.1) is 6.04 Å². The van der Waals surface area contributed by atoms with E-state index in [1.165, 1.54) is 36.8 Å². The smallest absolute Gasteiger partial charge is 0.223 e. The summed E-state index contributed by atoms with van der Waals surface area (Å²) in [6.45, 7) is 7.56. The summed E-state index contributed by atoms with van der Waals surface area (Å²) < 4.78 is 0. The Balaban J connectivity index is 0.00000243. The summed E-state index contributed by atoms with van der Waals surface area (Å²) in [6, 6.07) is 9.02. The third-order valence-electron chi connectivity index (χ3n) is 6.14. The molecule has 1 aromatic rings. The van der Waals surface area contributed by atoms with Crippen molar-refractivity contribution in [3.8, 4) is 0 Å². The molecule has 0 bridgehead atoms. The number of piperidine rings is 1. The maximum Gasteiger partial charge on any atom is 0.223 e. The summed E-state index contributed by atoms with van der Waals surface area (Å²) in [5.41, 5.74) is 2.61. The SMILES string of the molecule is Cc1cccc(C2CCCCCN2C(=O)CC(C)C2CCCNC2)c1.Cl. The van der Waals surface area contributed by atoms with Crippen molar-refractivity contribution in [3.05, 3.63) is 35.4 Å². The van der Waals surface area contributed by atoms with E-state index < -0.39 is 0 Å². The molecule has 4 heteroatoms. The van der Waals surface area contributed by atoms with Crippen LogP contribution in [0.3, 0.4) is 0 Å². The zero-order chi connectivity index (χ0) is 17.6. The number of carbonyl (C=O) groups is 1. The van der Waals surface area contributed by atoms with Gasteiger partial charge in [-0.25, -0.2) is 0 Å². The topological polar surface area (TPSA) is 32.3 Å². The van der Waals surface area contributed by atoms with Crippen molar-refractivity contribution in [3.63, 3.8) is 0 Å². The molecule has 1 N–H and O–H groups in total. The molecule has 0 radical (unpaired) electrons. The summed E-state index contributed by atoms with van der Waals surface area (Å²) in [4.78, 5) is 15.4. The van der Waals surface area contributed by atoms with Gasteiger partial charge in [-0.2, -0.15) is 0 Å². The fourth-order valence-electron chi connectivity index (χ4n) is 4.55. The summed E-state index contributed by atoms with van der Waals surface area (Å²) in [7, 11) is 0. The molecule has 0 saturated carbocycles. The van der Waals surface area contributed by atoms with E-state index in [2.05, 4.69) is 48.3 Å². The van der Waals surface area contributed by atoms with Gasteiger partial charge in [-0.05, 0) is 63.1 Å². The average Bonchev–Trinajstić information content (AvgIpc) is 2.88. The molecule has 0 aliphatic carbocycles. The Morgan fingerprint density at radius 2 is 2.08 bits per heavy atom. The molecule has 3 unspecified atom stereocenters. The lowest BCUT2D eigenvalue weighted by Crippen LogP contribution is -2.38. The van der Waals surface area contributed by atoms with Crippen molar-refractivity contribution in [2.45, 2.75) is 64.8 Å². The number of benzene rings is 1. The summed E-state index contributed by atoms with van der Waals surface area (Å²) in [6.07, 6.45) is 7.94. The lowest BCUT2D eigenvalue weighted by atomic mass is 9.85. The Hall–Kier alpha value is -1.06. The van der Waals surface area contributed by atoms with Gasteiger partial charge in [-0.3, -0.25) is 4.79 Å². The van der Waals surface area contributed by atoms with Crippen LogP contribution in [0.2, 0.25) is 0 Å². The van der Waals surface area contributed by atoms with Crippen LogP contribution in [0, 0.1) is 18.8 Å². The van der Waals surface area contributed by atoms with Crippen molar-refractivity contribution in [2.24, 2.45) is 11.8 Å². The molecule has 0 aromatic heterocycles. The van der Waals surface area contributed by atoms with Crippen LogP contribution < -0.4 is 5.32 Å². The monoisotopic (exact) mass is 378 g/mol. The maximum atomic E-state index is 13.2. The molecule has 2 fully saturated rings. The normalized spacial score (nSPS) is 25.1. The number of rotatable bonds is 4. The molecule has 2 saturated heterocycles. The second-order valence-corrected chi connectivity index (χ2v) is 8.15. The molecular weight excluding hydrogens is 344 g/mol. The first-order valence-electron chi connectivity index (χ1n) is 10.2. The molecule has 3 rings (SSSR count). The minimum atomic E-state index is 0. The molecule has 3 nitrogen and oxygen atoms in total. The van der Waals surface area contributed by atoms with Crippen LogP contribution >= 0.6 is 12.4 Å². The first-order chi connectivity index (χ1) is 12.1. The van der Waals surface area contributed by atoms with Crippen LogP contribution in [0.5, 0.6) is 0 Å². The van der Waals surface area contributed by atoms with E-state index in [-0.39, 0.29) is 18.4 Å². The Kier molecular flexibility index (Phi) is 8.43. The second-order valence-electron chi connectivity index (χ2n) is 8.15. The van der Waals surface area contributed by atoms with Crippen LogP contribution in [0.15, 0.2) is 24.3 Å². The minimum Gasteiger partial charge on any atom is -0.336 e. The molecule has 3 atom stereocenters. The molecule has 0 spiro atoms. The van der Waals surface area contributed by atoms with Gasteiger partial charge < -0.3 is 10.2 Å². The lowest BCUT2D eigenvalue weighted by Gasteiger charge is -2.34. The average molecular weight is 379 g/mol. The highest BCUT2D eigenvalue weighted by Crippen LogP contribution is 2.32. The van der Waals surface area contributed by atoms with Crippen LogP contribution in [-0.2, 0) is 4.79 Å². The zero-order valence-electron chi connectivity index (χ0n) is 16.4. The van der Waals surface area contributed by atoms with Gasteiger partial charge in [0.1, 0.15) is 0 Å². The van der Waals surface area contributed by atoms with E-state index in [1.807, 2.05) is 0 Å². The standard InChI is InChI=1S/C22H34N2O.ClH/c1-17-8-6-9-19(14-17)21-11-4-3-5-13-24(21)22(25)15-18(2)20-10-7-12-23-16-20;/h6,8-9,14,18,20-21,23H,3-5,7,10-13,15-16H2,1-2H3;1H. The molecule has 146 valence electrons. The lowest BCUT2D eigenvalue weighted by molar-refractivity contribution is -0.135. The minimum absolute atomic E-state index is 0. The third kappa shape index (κ3) is 5.47. The number of nitrogens with one attached hydrogen (secondary N) is 1. The first-order valence-corrected chi connectivity index (χ1v) is 10.2. The molecule has 2 heterocycles. The number of aryl methyl sites for hydroxylation is 1. The Bertz CT molecular complexity index is 571. The van der Waals surface area contributed by atoms with Gasteiger partial charge in [0.25, 0.3) is 0 Å². The van der Waals surface area contributed by atoms with Gasteiger partial charge in [0.2, 0.25) is 5.91 Å². The molecule has 26 heavy (non-hydrogen) atoms. The molecule has 1 aromatic carbocycles. The van der Waals surface area contributed by atoms with Crippen molar-refractivity contribution >= 4 is 18.3 Å². The first kappa shape index (κ1) is 21.2. The van der Waals surface area contributed by atoms with Gasteiger partial charge in [0.15, 0.2) is 0 Å². The number of likely N-dealkylation sites (tertiary alicyclic amines) is 1. The van der Waals surface area contributed by atoms with Gasteiger partial charge in [-0.1, -0.05) is 49.6 Å². The zero-order valence-corrected chi connectivity index (χ0v) is 17.2. The summed E-state index contributed by atoms with van der Waals surface area (Å²) in [5.74, 6) is 1.50. The Morgan fingerprint density at radius 1 is 1.23 bits per heavy atom. The van der Waals surface area contributed by atoms with Crippen LogP contribution in [0.25, 0.3) is 0 Å². The second kappa shape index (κ2) is 10.3. The number of amides is 1. The molecule has 2 aliphatic rings. The molecule has 2 aliphatic heterocycles. The Morgan fingerprint density at radius 3 is 2.81 bits per heavy atom. The van der Waals surface area contributed by atoms with E-state index in [4.69, 9.17) is 0 Å². The number of hydrogen-bond donors (Lipinski definition) is 1. The van der Waals surface area contributed by atoms with E-state index in [0.717, 1.165) is 32.5 Å². The van der Waals surface area contributed by atoms with Crippen molar-refractivity contribution < 1.29 is 4.79 Å². The van der Waals surface area contributed by atoms with Crippen molar-refractivity contribution in [2.75, 3.05) is 19.6 Å². The van der Waals surface area contributed by atoms with Gasteiger partial charge >= 0.3 is 0 Å². The summed E-state index contributed by atoms with van der Waals surface area (Å²) in [5, 5.41) is 3.49. The van der Waals surface area contributed by atoms with Crippen molar-refractivity contribution in [1.82, 2.24) is 10.2 Å². The predicted molar refractivity (Wildman–Crippen MR) is 111 cm³/mol. The third-order valence-corrected chi connectivity index (χ3v) is 6.14. The molecule has 1 amide bonds. The van der Waals surface area contributed by atoms with Crippen LogP contribution in [-0.4, -0.2) is 30.4 Å². The van der Waals surface area contributed by atoms with Gasteiger partial charge in [-0.15, -0.1) is 12.4 Å². The van der Waals surface area contributed by atoms with Crippen LogP contribution in [0.4, 0.5) is 0 Å².